The number of hydrogen-bond acceptors (Lipinski definition) is 5. The van der Waals surface area contributed by atoms with Gasteiger partial charge in [0.2, 0.25) is 0 Å². The molecule has 2 aromatic heterocycles. The number of pyridine rings is 1. The van der Waals surface area contributed by atoms with Gasteiger partial charge in [0.25, 0.3) is 0 Å². The van der Waals surface area contributed by atoms with Crippen LogP contribution in [0.1, 0.15) is 12.0 Å². The number of ether oxygens (including phenoxy) is 1. The molecule has 1 N–H and O–H groups in total. The van der Waals surface area contributed by atoms with Crippen molar-refractivity contribution in [3.63, 3.8) is 0 Å². The van der Waals surface area contributed by atoms with Crippen molar-refractivity contribution in [3.05, 3.63) is 54.4 Å². The van der Waals surface area contributed by atoms with Gasteiger partial charge in [-0.05, 0) is 36.6 Å². The van der Waals surface area contributed by atoms with Crippen molar-refractivity contribution in [1.29, 1.82) is 0 Å². The molecule has 0 radical (unpaired) electrons. The summed E-state index contributed by atoms with van der Waals surface area (Å²) in [6.07, 6.45) is 5.79. The summed E-state index contributed by atoms with van der Waals surface area (Å²) >= 11 is 0. The summed E-state index contributed by atoms with van der Waals surface area (Å²) in [5.41, 5.74) is 2.25. The second kappa shape index (κ2) is 7.15. The number of anilines is 1. The first-order chi connectivity index (χ1) is 12.3. The first kappa shape index (κ1) is 16.0. The highest BCUT2D eigenvalue weighted by Gasteiger charge is 2.22. The van der Waals surface area contributed by atoms with E-state index in [2.05, 4.69) is 27.3 Å². The topological polar surface area (TPSA) is 50.5 Å². The molecular weight excluding hydrogens is 314 g/mol. The Bertz CT molecular complexity index is 846. The van der Waals surface area contributed by atoms with Gasteiger partial charge in [-0.1, -0.05) is 18.2 Å². The summed E-state index contributed by atoms with van der Waals surface area (Å²) in [7, 11) is 1.70. The number of furan rings is 1. The second-order valence-electron chi connectivity index (χ2n) is 6.42. The molecule has 0 bridgehead atoms. The molecule has 1 aromatic carbocycles. The molecule has 25 heavy (non-hydrogen) atoms. The van der Waals surface area contributed by atoms with E-state index in [0.717, 1.165) is 49.6 Å². The zero-order valence-electron chi connectivity index (χ0n) is 14.4. The van der Waals surface area contributed by atoms with Crippen molar-refractivity contribution in [3.8, 4) is 5.75 Å². The zero-order chi connectivity index (χ0) is 17.1. The molecule has 0 amide bonds. The van der Waals surface area contributed by atoms with Gasteiger partial charge >= 0.3 is 0 Å². The number of aryl methyl sites for hydroxylation is 1. The van der Waals surface area contributed by atoms with Gasteiger partial charge in [-0.2, -0.15) is 0 Å². The van der Waals surface area contributed by atoms with E-state index >= 15 is 0 Å². The van der Waals surface area contributed by atoms with Crippen molar-refractivity contribution in [2.75, 3.05) is 31.6 Å². The molecule has 1 fully saturated rings. The van der Waals surface area contributed by atoms with Crippen LogP contribution in [0.2, 0.25) is 0 Å². The number of methoxy groups -OCH3 is 1. The molecule has 3 heterocycles. The Morgan fingerprint density at radius 2 is 2.20 bits per heavy atom. The van der Waals surface area contributed by atoms with Gasteiger partial charge in [0.1, 0.15) is 5.58 Å². The SMILES string of the molecule is COc1cccnc1N1CCNC(CCc2coc3ccccc23)C1. The Morgan fingerprint density at radius 3 is 3.12 bits per heavy atom. The minimum Gasteiger partial charge on any atom is -0.493 e. The lowest BCUT2D eigenvalue weighted by Crippen LogP contribution is -2.51. The predicted octanol–water partition coefficient (Wildman–Crippen LogP) is 3.25. The summed E-state index contributed by atoms with van der Waals surface area (Å²) in [6.45, 7) is 2.83. The third kappa shape index (κ3) is 3.33. The van der Waals surface area contributed by atoms with Crippen molar-refractivity contribution >= 4 is 16.8 Å². The molecule has 0 spiro atoms. The van der Waals surface area contributed by atoms with Gasteiger partial charge in [0, 0.05) is 37.3 Å². The number of nitrogens with zero attached hydrogens (tertiary/aromatic N) is 2. The van der Waals surface area contributed by atoms with Crippen molar-refractivity contribution < 1.29 is 9.15 Å². The lowest BCUT2D eigenvalue weighted by atomic mass is 10.0. The van der Waals surface area contributed by atoms with Crippen LogP contribution < -0.4 is 15.0 Å². The first-order valence-corrected chi connectivity index (χ1v) is 8.77. The van der Waals surface area contributed by atoms with E-state index in [1.54, 1.807) is 7.11 Å². The fraction of sp³-hybridized carbons (Fsp3) is 0.350. The monoisotopic (exact) mass is 337 g/mol. The Kier molecular flexibility index (Phi) is 4.57. The summed E-state index contributed by atoms with van der Waals surface area (Å²) in [4.78, 5) is 6.83. The highest BCUT2D eigenvalue weighted by Crippen LogP contribution is 2.27. The fourth-order valence-corrected chi connectivity index (χ4v) is 3.55. The summed E-state index contributed by atoms with van der Waals surface area (Å²) in [5.74, 6) is 1.77. The van der Waals surface area contributed by atoms with E-state index < -0.39 is 0 Å². The standard InChI is InChI=1S/C20H23N3O2/c1-24-19-7-4-10-22-20(19)23-12-11-21-16(13-23)9-8-15-14-25-18-6-3-2-5-17(15)18/h2-7,10,14,16,21H,8-9,11-13H2,1H3. The number of nitrogens with one attached hydrogen (secondary N) is 1. The zero-order valence-corrected chi connectivity index (χ0v) is 14.4. The molecule has 5 heteroatoms. The van der Waals surface area contributed by atoms with Gasteiger partial charge in [-0.25, -0.2) is 4.98 Å². The molecular formula is C20H23N3O2. The van der Waals surface area contributed by atoms with Gasteiger partial charge in [0.05, 0.1) is 13.4 Å². The third-order valence-electron chi connectivity index (χ3n) is 4.85. The maximum absolute atomic E-state index is 5.65. The van der Waals surface area contributed by atoms with Crippen LogP contribution in [0.3, 0.4) is 0 Å². The fourth-order valence-electron chi connectivity index (χ4n) is 3.55. The average Bonchev–Trinajstić information content (AvgIpc) is 3.10. The maximum Gasteiger partial charge on any atom is 0.171 e. The molecule has 1 saturated heterocycles. The van der Waals surface area contributed by atoms with Gasteiger partial charge in [-0.3, -0.25) is 0 Å². The Balaban J connectivity index is 1.43. The van der Waals surface area contributed by atoms with Crippen molar-refractivity contribution in [1.82, 2.24) is 10.3 Å². The van der Waals surface area contributed by atoms with E-state index in [1.807, 2.05) is 36.7 Å². The maximum atomic E-state index is 5.65. The van der Waals surface area contributed by atoms with Crippen molar-refractivity contribution in [2.24, 2.45) is 0 Å². The van der Waals surface area contributed by atoms with Crippen LogP contribution in [0, 0.1) is 0 Å². The van der Waals surface area contributed by atoms with E-state index in [9.17, 15) is 0 Å². The number of fused-ring (bicyclic) bond motifs is 1. The Hall–Kier alpha value is -2.53. The largest absolute Gasteiger partial charge is 0.493 e. The van der Waals surface area contributed by atoms with Crippen LogP contribution in [-0.4, -0.2) is 37.8 Å². The highest BCUT2D eigenvalue weighted by atomic mass is 16.5. The Morgan fingerprint density at radius 1 is 1.28 bits per heavy atom. The molecule has 1 aliphatic rings. The number of hydrogen-bond donors (Lipinski definition) is 1. The van der Waals surface area contributed by atoms with Crippen LogP contribution in [0.25, 0.3) is 11.0 Å². The molecule has 1 unspecified atom stereocenters. The number of piperazine rings is 1. The van der Waals surface area contributed by atoms with E-state index in [1.165, 1.54) is 10.9 Å². The van der Waals surface area contributed by atoms with E-state index in [4.69, 9.17) is 9.15 Å². The lowest BCUT2D eigenvalue weighted by molar-refractivity contribution is 0.400. The van der Waals surface area contributed by atoms with Crippen LogP contribution in [-0.2, 0) is 6.42 Å². The molecule has 5 nitrogen and oxygen atoms in total. The van der Waals surface area contributed by atoms with Crippen LogP contribution in [0.5, 0.6) is 5.75 Å². The summed E-state index contributed by atoms with van der Waals surface area (Å²) in [5, 5.41) is 4.85. The smallest absolute Gasteiger partial charge is 0.171 e. The normalized spacial score (nSPS) is 17.8. The van der Waals surface area contributed by atoms with Gasteiger partial charge in [-0.15, -0.1) is 0 Å². The summed E-state index contributed by atoms with van der Waals surface area (Å²) < 4.78 is 11.1. The third-order valence-corrected chi connectivity index (χ3v) is 4.85. The molecule has 4 rings (SSSR count). The van der Waals surface area contributed by atoms with E-state index in [-0.39, 0.29) is 0 Å². The van der Waals surface area contributed by atoms with Crippen molar-refractivity contribution in [2.45, 2.75) is 18.9 Å². The molecule has 3 aromatic rings. The highest BCUT2D eigenvalue weighted by molar-refractivity contribution is 5.80. The van der Waals surface area contributed by atoms with Crippen LogP contribution >= 0.6 is 0 Å². The summed E-state index contributed by atoms with van der Waals surface area (Å²) in [6, 6.07) is 12.5. The second-order valence-corrected chi connectivity index (χ2v) is 6.42. The number of para-hydroxylation sites is 1. The molecule has 1 aliphatic heterocycles. The molecule has 0 aliphatic carbocycles. The quantitative estimate of drug-likeness (QED) is 0.774. The molecule has 1 atom stereocenters. The number of rotatable bonds is 5. The lowest BCUT2D eigenvalue weighted by Gasteiger charge is -2.35. The van der Waals surface area contributed by atoms with E-state index in [0.29, 0.717) is 6.04 Å². The molecule has 130 valence electrons. The van der Waals surface area contributed by atoms with Gasteiger partial charge in [0.15, 0.2) is 11.6 Å². The number of benzene rings is 1. The molecule has 0 saturated carbocycles. The number of aromatic nitrogens is 1. The Labute approximate surface area is 147 Å². The minimum atomic E-state index is 0.425. The van der Waals surface area contributed by atoms with Gasteiger partial charge < -0.3 is 19.4 Å². The first-order valence-electron chi connectivity index (χ1n) is 8.77. The average molecular weight is 337 g/mol. The minimum absolute atomic E-state index is 0.425. The van der Waals surface area contributed by atoms with Crippen LogP contribution in [0.4, 0.5) is 5.82 Å². The predicted molar refractivity (Wildman–Crippen MR) is 99.3 cm³/mol. The van der Waals surface area contributed by atoms with Crippen LogP contribution in [0.15, 0.2) is 53.3 Å².